The second kappa shape index (κ2) is 7.77. The average molecular weight is 322 g/mol. The summed E-state index contributed by atoms with van der Waals surface area (Å²) in [7, 11) is 4.95. The van der Waals surface area contributed by atoms with Crippen molar-refractivity contribution in [3.05, 3.63) is 18.3 Å². The SMILES string of the molecule is COCCOc1ccc(NC(=O)N(C)[C@H]2CCN(C)C2=O)cn1. The third kappa shape index (κ3) is 4.32. The molecule has 1 aromatic rings. The summed E-state index contributed by atoms with van der Waals surface area (Å²) in [6.07, 6.45) is 2.15. The van der Waals surface area contributed by atoms with Gasteiger partial charge in [-0.3, -0.25) is 4.79 Å². The minimum Gasteiger partial charge on any atom is -0.475 e. The molecule has 1 fully saturated rings. The van der Waals surface area contributed by atoms with Gasteiger partial charge in [0.2, 0.25) is 11.8 Å². The largest absolute Gasteiger partial charge is 0.475 e. The summed E-state index contributed by atoms with van der Waals surface area (Å²) in [6, 6.07) is 2.61. The quantitative estimate of drug-likeness (QED) is 0.783. The molecule has 1 N–H and O–H groups in total. The van der Waals surface area contributed by atoms with Gasteiger partial charge in [-0.15, -0.1) is 0 Å². The topological polar surface area (TPSA) is 84.0 Å². The lowest BCUT2D eigenvalue weighted by Gasteiger charge is -2.23. The van der Waals surface area contributed by atoms with Gasteiger partial charge in [-0.2, -0.15) is 0 Å². The Hall–Kier alpha value is -2.35. The molecule has 1 atom stereocenters. The number of carbonyl (C=O) groups is 2. The number of likely N-dealkylation sites (N-methyl/N-ethyl adjacent to an activating group) is 2. The zero-order chi connectivity index (χ0) is 16.8. The van der Waals surface area contributed by atoms with Crippen molar-refractivity contribution in [3.8, 4) is 5.88 Å². The Bertz CT molecular complexity index is 549. The van der Waals surface area contributed by atoms with Crippen LogP contribution in [0.3, 0.4) is 0 Å². The summed E-state index contributed by atoms with van der Waals surface area (Å²) in [6.45, 7) is 1.56. The first-order chi connectivity index (χ1) is 11.0. The molecule has 2 rings (SSSR count). The minimum atomic E-state index is -0.412. The van der Waals surface area contributed by atoms with Crippen LogP contribution >= 0.6 is 0 Å². The fourth-order valence-corrected chi connectivity index (χ4v) is 2.29. The monoisotopic (exact) mass is 322 g/mol. The van der Waals surface area contributed by atoms with Crippen molar-refractivity contribution in [2.24, 2.45) is 0 Å². The Morgan fingerprint density at radius 2 is 2.26 bits per heavy atom. The second-order valence-electron chi connectivity index (χ2n) is 5.33. The first kappa shape index (κ1) is 17.0. The van der Waals surface area contributed by atoms with Crippen LogP contribution in [-0.2, 0) is 9.53 Å². The minimum absolute atomic E-state index is 0.0392. The van der Waals surface area contributed by atoms with E-state index < -0.39 is 6.04 Å². The third-order valence-corrected chi connectivity index (χ3v) is 3.71. The van der Waals surface area contributed by atoms with Gasteiger partial charge in [0.05, 0.1) is 18.5 Å². The van der Waals surface area contributed by atoms with Crippen molar-refractivity contribution in [1.82, 2.24) is 14.8 Å². The molecule has 8 heteroatoms. The molecule has 1 aromatic heterocycles. The fraction of sp³-hybridized carbons (Fsp3) is 0.533. The molecule has 0 aliphatic carbocycles. The van der Waals surface area contributed by atoms with Crippen molar-refractivity contribution < 1.29 is 19.1 Å². The summed E-state index contributed by atoms with van der Waals surface area (Å²) < 4.78 is 10.2. The summed E-state index contributed by atoms with van der Waals surface area (Å²) in [5.41, 5.74) is 0.541. The molecule has 0 radical (unpaired) electrons. The van der Waals surface area contributed by atoms with Gasteiger partial charge in [0.1, 0.15) is 12.6 Å². The van der Waals surface area contributed by atoms with E-state index in [1.54, 1.807) is 38.2 Å². The molecule has 0 bridgehead atoms. The van der Waals surface area contributed by atoms with Crippen LogP contribution in [0.25, 0.3) is 0 Å². The van der Waals surface area contributed by atoms with Crippen LogP contribution in [0.15, 0.2) is 18.3 Å². The molecular weight excluding hydrogens is 300 g/mol. The third-order valence-electron chi connectivity index (χ3n) is 3.71. The lowest BCUT2D eigenvalue weighted by atomic mass is 10.2. The van der Waals surface area contributed by atoms with E-state index in [4.69, 9.17) is 9.47 Å². The van der Waals surface area contributed by atoms with E-state index in [2.05, 4.69) is 10.3 Å². The Morgan fingerprint density at radius 1 is 1.48 bits per heavy atom. The fourth-order valence-electron chi connectivity index (χ4n) is 2.29. The van der Waals surface area contributed by atoms with Gasteiger partial charge >= 0.3 is 6.03 Å². The van der Waals surface area contributed by atoms with Gasteiger partial charge in [0, 0.05) is 33.8 Å². The highest BCUT2D eigenvalue weighted by atomic mass is 16.5. The summed E-state index contributed by atoms with van der Waals surface area (Å²) in [4.78, 5) is 31.3. The molecule has 0 unspecified atom stereocenters. The van der Waals surface area contributed by atoms with Gasteiger partial charge in [-0.05, 0) is 12.5 Å². The van der Waals surface area contributed by atoms with E-state index in [-0.39, 0.29) is 11.9 Å². The molecule has 126 valence electrons. The number of ether oxygens (including phenoxy) is 2. The number of pyridine rings is 1. The number of carbonyl (C=O) groups excluding carboxylic acids is 2. The number of hydrogen-bond donors (Lipinski definition) is 1. The van der Waals surface area contributed by atoms with E-state index in [9.17, 15) is 9.59 Å². The van der Waals surface area contributed by atoms with E-state index >= 15 is 0 Å². The first-order valence-electron chi connectivity index (χ1n) is 7.39. The molecule has 0 aromatic carbocycles. The summed E-state index contributed by atoms with van der Waals surface area (Å²) >= 11 is 0. The Labute approximate surface area is 135 Å². The van der Waals surface area contributed by atoms with Gasteiger partial charge in [0.25, 0.3) is 0 Å². The molecular formula is C15H22N4O4. The Morgan fingerprint density at radius 3 is 2.83 bits per heavy atom. The highest BCUT2D eigenvalue weighted by Crippen LogP contribution is 2.17. The van der Waals surface area contributed by atoms with E-state index in [1.807, 2.05) is 0 Å². The lowest BCUT2D eigenvalue weighted by molar-refractivity contribution is -0.129. The molecule has 1 aliphatic heterocycles. The maximum atomic E-state index is 12.2. The normalized spacial score (nSPS) is 17.3. The van der Waals surface area contributed by atoms with Crippen molar-refractivity contribution in [1.29, 1.82) is 0 Å². The maximum Gasteiger partial charge on any atom is 0.322 e. The number of rotatable bonds is 6. The summed E-state index contributed by atoms with van der Waals surface area (Å²) in [5.74, 6) is 0.420. The predicted molar refractivity (Wildman–Crippen MR) is 84.4 cm³/mol. The molecule has 1 aliphatic rings. The molecule has 23 heavy (non-hydrogen) atoms. The zero-order valence-electron chi connectivity index (χ0n) is 13.6. The number of anilines is 1. The molecule has 1 saturated heterocycles. The first-order valence-corrected chi connectivity index (χ1v) is 7.39. The number of nitrogens with zero attached hydrogens (tertiary/aromatic N) is 3. The standard InChI is InChI=1S/C15H22N4O4/c1-18-7-6-12(14(18)20)19(2)15(21)17-11-4-5-13(16-10-11)23-9-8-22-3/h4-5,10,12H,6-9H2,1-3H3,(H,17,21)/t12-/m0/s1. The highest BCUT2D eigenvalue weighted by Gasteiger charge is 2.34. The number of aromatic nitrogens is 1. The summed E-state index contributed by atoms with van der Waals surface area (Å²) in [5, 5.41) is 2.72. The van der Waals surface area contributed by atoms with Crippen LogP contribution in [0.1, 0.15) is 6.42 Å². The van der Waals surface area contributed by atoms with E-state index in [1.165, 1.54) is 11.1 Å². The van der Waals surface area contributed by atoms with Gasteiger partial charge < -0.3 is 24.6 Å². The number of nitrogens with one attached hydrogen (secondary N) is 1. The van der Waals surface area contributed by atoms with Crippen molar-refractivity contribution in [2.45, 2.75) is 12.5 Å². The van der Waals surface area contributed by atoms with Gasteiger partial charge in [-0.1, -0.05) is 0 Å². The molecule has 2 heterocycles. The van der Waals surface area contributed by atoms with Crippen LogP contribution in [0.4, 0.5) is 10.5 Å². The van der Waals surface area contributed by atoms with Gasteiger partial charge in [0.15, 0.2) is 0 Å². The number of amides is 3. The number of hydrogen-bond acceptors (Lipinski definition) is 5. The molecule has 3 amide bonds. The van der Waals surface area contributed by atoms with Crippen LogP contribution in [0.2, 0.25) is 0 Å². The molecule has 8 nitrogen and oxygen atoms in total. The Balaban J connectivity index is 1.88. The zero-order valence-corrected chi connectivity index (χ0v) is 13.6. The Kier molecular flexibility index (Phi) is 5.75. The van der Waals surface area contributed by atoms with Crippen LogP contribution in [0.5, 0.6) is 5.88 Å². The predicted octanol–water partition coefficient (Wildman–Crippen LogP) is 0.801. The van der Waals surface area contributed by atoms with Gasteiger partial charge in [-0.25, -0.2) is 9.78 Å². The second-order valence-corrected chi connectivity index (χ2v) is 5.33. The van der Waals surface area contributed by atoms with Crippen molar-refractivity contribution >= 4 is 17.6 Å². The lowest BCUT2D eigenvalue weighted by Crippen LogP contribution is -2.44. The van der Waals surface area contributed by atoms with Crippen LogP contribution in [-0.4, -0.2) is 73.7 Å². The number of methoxy groups -OCH3 is 1. The van der Waals surface area contributed by atoms with Crippen LogP contribution < -0.4 is 10.1 Å². The van der Waals surface area contributed by atoms with Crippen molar-refractivity contribution in [3.63, 3.8) is 0 Å². The smallest absolute Gasteiger partial charge is 0.322 e. The van der Waals surface area contributed by atoms with Crippen LogP contribution in [0, 0.1) is 0 Å². The maximum absolute atomic E-state index is 12.2. The van der Waals surface area contributed by atoms with E-state index in [0.717, 1.165) is 0 Å². The molecule has 0 spiro atoms. The average Bonchev–Trinajstić information content (AvgIpc) is 2.88. The van der Waals surface area contributed by atoms with Crippen molar-refractivity contribution in [2.75, 3.05) is 46.3 Å². The highest BCUT2D eigenvalue weighted by molar-refractivity contribution is 5.94. The number of urea groups is 1. The van der Waals surface area contributed by atoms with E-state index in [0.29, 0.717) is 37.7 Å². The number of likely N-dealkylation sites (tertiary alicyclic amines) is 1. The molecule has 0 saturated carbocycles.